The second-order valence-corrected chi connectivity index (χ2v) is 8.30. The lowest BCUT2D eigenvalue weighted by Gasteiger charge is -2.35. The lowest BCUT2D eigenvalue weighted by Crippen LogP contribution is -2.46. The van der Waals surface area contributed by atoms with E-state index in [-0.39, 0.29) is 5.82 Å². The summed E-state index contributed by atoms with van der Waals surface area (Å²) in [5, 5.41) is 8.15. The summed E-state index contributed by atoms with van der Waals surface area (Å²) in [6.45, 7) is 4.58. The third kappa shape index (κ3) is 4.69. The summed E-state index contributed by atoms with van der Waals surface area (Å²) < 4.78 is 27.1. The van der Waals surface area contributed by atoms with Gasteiger partial charge in [0, 0.05) is 46.8 Å². The normalized spacial score (nSPS) is 16.0. The van der Waals surface area contributed by atoms with E-state index in [0.717, 1.165) is 42.8 Å². The second kappa shape index (κ2) is 7.98. The molecule has 1 fully saturated rings. The molecule has 1 N–H and O–H groups in total. The van der Waals surface area contributed by atoms with Gasteiger partial charge in [-0.3, -0.25) is 9.62 Å². The molecule has 1 aliphatic heterocycles. The minimum Gasteiger partial charge on any atom is -0.353 e. The average molecular weight is 376 g/mol. The van der Waals surface area contributed by atoms with Crippen molar-refractivity contribution in [2.24, 2.45) is 0 Å². The van der Waals surface area contributed by atoms with Crippen molar-refractivity contribution >= 4 is 21.8 Å². The first kappa shape index (κ1) is 18.6. The fraction of sp³-hybridized carbons (Fsp3) is 0.412. The molecule has 2 aromatic rings. The first-order chi connectivity index (χ1) is 12.4. The number of nitrogens with one attached hydrogen (secondary N) is 1. The minimum absolute atomic E-state index is 0.213. The number of piperazine rings is 1. The van der Waals surface area contributed by atoms with Crippen molar-refractivity contribution in [1.82, 2.24) is 19.4 Å². The zero-order valence-corrected chi connectivity index (χ0v) is 15.9. The van der Waals surface area contributed by atoms with Crippen molar-refractivity contribution in [2.75, 3.05) is 49.9 Å². The molecule has 0 radical (unpaired) electrons. The van der Waals surface area contributed by atoms with Gasteiger partial charge in [-0.2, -0.15) is 12.7 Å². The van der Waals surface area contributed by atoms with E-state index in [2.05, 4.69) is 49.0 Å². The number of benzene rings is 1. The summed E-state index contributed by atoms with van der Waals surface area (Å²) in [5.74, 6) is 0.974. The molecule has 140 valence electrons. The van der Waals surface area contributed by atoms with Crippen LogP contribution in [0.25, 0.3) is 0 Å². The van der Waals surface area contributed by atoms with Crippen LogP contribution in [0.4, 0.5) is 11.6 Å². The summed E-state index contributed by atoms with van der Waals surface area (Å²) in [7, 11) is -0.651. The molecule has 0 aliphatic carbocycles. The molecule has 8 nitrogen and oxygen atoms in total. The molecular formula is C17H24N6O2S. The molecule has 1 aromatic heterocycles. The average Bonchev–Trinajstić information content (AvgIpc) is 2.63. The predicted molar refractivity (Wildman–Crippen MR) is 102 cm³/mol. The molecule has 0 amide bonds. The van der Waals surface area contributed by atoms with Crippen LogP contribution in [0, 0.1) is 0 Å². The Hall–Kier alpha value is -2.23. The van der Waals surface area contributed by atoms with E-state index in [1.807, 2.05) is 6.07 Å². The number of rotatable bonds is 6. The molecular weight excluding hydrogens is 352 g/mol. The highest BCUT2D eigenvalue weighted by atomic mass is 32.2. The number of hydrogen-bond donors (Lipinski definition) is 1. The largest absolute Gasteiger partial charge is 0.353 e. The summed E-state index contributed by atoms with van der Waals surface area (Å²) in [4.78, 5) is 4.58. The van der Waals surface area contributed by atoms with Crippen LogP contribution >= 0.6 is 0 Å². The summed E-state index contributed by atoms with van der Waals surface area (Å²) >= 11 is 0. The molecule has 0 bridgehead atoms. The summed E-state index contributed by atoms with van der Waals surface area (Å²) in [6, 6.07) is 13.9. The number of hydrogen-bond acceptors (Lipinski definition) is 6. The highest BCUT2D eigenvalue weighted by Gasteiger charge is 2.19. The number of anilines is 2. The van der Waals surface area contributed by atoms with Crippen molar-refractivity contribution in [3.63, 3.8) is 0 Å². The molecule has 1 aliphatic rings. The topological polar surface area (TPSA) is 81.7 Å². The Morgan fingerprint density at radius 2 is 1.69 bits per heavy atom. The molecule has 0 unspecified atom stereocenters. The van der Waals surface area contributed by atoms with E-state index >= 15 is 0 Å². The van der Waals surface area contributed by atoms with E-state index in [1.54, 1.807) is 12.1 Å². The van der Waals surface area contributed by atoms with Gasteiger partial charge in [0.25, 0.3) is 0 Å². The van der Waals surface area contributed by atoms with Gasteiger partial charge in [0.05, 0.1) is 0 Å². The van der Waals surface area contributed by atoms with Crippen LogP contribution in [0.2, 0.25) is 0 Å². The van der Waals surface area contributed by atoms with E-state index < -0.39 is 10.2 Å². The van der Waals surface area contributed by atoms with Gasteiger partial charge >= 0.3 is 10.2 Å². The van der Waals surface area contributed by atoms with Crippen LogP contribution in [0.1, 0.15) is 5.56 Å². The first-order valence-electron chi connectivity index (χ1n) is 8.49. The Balaban J connectivity index is 1.55. The van der Waals surface area contributed by atoms with Crippen LogP contribution in [-0.2, 0) is 16.8 Å². The molecule has 2 heterocycles. The van der Waals surface area contributed by atoms with Gasteiger partial charge in [0.1, 0.15) is 0 Å². The van der Waals surface area contributed by atoms with Gasteiger partial charge in [-0.15, -0.1) is 10.2 Å². The van der Waals surface area contributed by atoms with Crippen molar-refractivity contribution in [3.8, 4) is 0 Å². The molecule has 0 saturated carbocycles. The maximum Gasteiger partial charge on any atom is 0.302 e. The van der Waals surface area contributed by atoms with Crippen LogP contribution in [-0.4, -0.2) is 68.1 Å². The lowest BCUT2D eigenvalue weighted by atomic mass is 10.2. The zero-order chi connectivity index (χ0) is 18.6. The molecule has 3 rings (SSSR count). The van der Waals surface area contributed by atoms with Crippen molar-refractivity contribution < 1.29 is 8.42 Å². The molecule has 0 atom stereocenters. The number of nitrogens with zero attached hydrogens (tertiary/aromatic N) is 5. The van der Waals surface area contributed by atoms with E-state index in [0.29, 0.717) is 0 Å². The van der Waals surface area contributed by atoms with E-state index in [9.17, 15) is 8.42 Å². The van der Waals surface area contributed by atoms with Gasteiger partial charge in [-0.25, -0.2) is 0 Å². The Morgan fingerprint density at radius 3 is 2.27 bits per heavy atom. The Labute approximate surface area is 154 Å². The van der Waals surface area contributed by atoms with Crippen molar-refractivity contribution in [3.05, 3.63) is 48.0 Å². The molecule has 1 aromatic carbocycles. The predicted octanol–water partition coefficient (Wildman–Crippen LogP) is 1.02. The number of aromatic nitrogens is 2. The lowest BCUT2D eigenvalue weighted by molar-refractivity contribution is 0.249. The SMILES string of the molecule is CN(C)S(=O)(=O)Nc1ccc(N2CCN(Cc3ccccc3)CC2)nn1. The smallest absolute Gasteiger partial charge is 0.302 e. The molecule has 9 heteroatoms. The molecule has 1 saturated heterocycles. The summed E-state index contributed by atoms with van der Waals surface area (Å²) in [5.41, 5.74) is 1.32. The van der Waals surface area contributed by atoms with Crippen molar-refractivity contribution in [1.29, 1.82) is 0 Å². The van der Waals surface area contributed by atoms with Crippen LogP contribution in [0.3, 0.4) is 0 Å². The molecule has 26 heavy (non-hydrogen) atoms. The Kier molecular flexibility index (Phi) is 5.70. The van der Waals surface area contributed by atoms with Gasteiger partial charge in [0.15, 0.2) is 11.6 Å². The molecule has 0 spiro atoms. The van der Waals surface area contributed by atoms with E-state index in [1.165, 1.54) is 19.7 Å². The van der Waals surface area contributed by atoms with Gasteiger partial charge in [0.2, 0.25) is 0 Å². The highest BCUT2D eigenvalue weighted by Crippen LogP contribution is 2.16. The highest BCUT2D eigenvalue weighted by molar-refractivity contribution is 7.90. The fourth-order valence-electron chi connectivity index (χ4n) is 2.75. The standard InChI is InChI=1S/C17H24N6O2S/c1-21(2)26(24,25)20-16-8-9-17(19-18-16)23-12-10-22(11-13-23)14-15-6-4-3-5-7-15/h3-9H,10-14H2,1-2H3,(H,18,20). The Bertz CT molecular complexity index is 803. The first-order valence-corrected chi connectivity index (χ1v) is 9.93. The summed E-state index contributed by atoms with van der Waals surface area (Å²) in [6.07, 6.45) is 0. The van der Waals surface area contributed by atoms with E-state index in [4.69, 9.17) is 0 Å². The maximum atomic E-state index is 11.8. The Morgan fingerprint density at radius 1 is 1.00 bits per heavy atom. The van der Waals surface area contributed by atoms with Gasteiger partial charge < -0.3 is 4.90 Å². The monoisotopic (exact) mass is 376 g/mol. The zero-order valence-electron chi connectivity index (χ0n) is 15.0. The van der Waals surface area contributed by atoms with Gasteiger partial charge in [-0.1, -0.05) is 30.3 Å². The van der Waals surface area contributed by atoms with Crippen LogP contribution in [0.5, 0.6) is 0 Å². The van der Waals surface area contributed by atoms with Crippen LogP contribution in [0.15, 0.2) is 42.5 Å². The third-order valence-corrected chi connectivity index (χ3v) is 5.74. The minimum atomic E-state index is -3.57. The van der Waals surface area contributed by atoms with Crippen LogP contribution < -0.4 is 9.62 Å². The van der Waals surface area contributed by atoms with Crippen molar-refractivity contribution in [2.45, 2.75) is 6.54 Å². The fourth-order valence-corrected chi connectivity index (χ4v) is 3.30. The maximum absolute atomic E-state index is 11.8. The van der Waals surface area contributed by atoms with Gasteiger partial charge in [-0.05, 0) is 17.7 Å². The quantitative estimate of drug-likeness (QED) is 0.811. The second-order valence-electron chi connectivity index (χ2n) is 6.42. The third-order valence-electron chi connectivity index (χ3n) is 4.31.